The second kappa shape index (κ2) is 12.8. The average Bonchev–Trinajstić information content (AvgIpc) is 3.49. The molecule has 1 unspecified atom stereocenters. The van der Waals surface area contributed by atoms with E-state index in [9.17, 15) is 28.7 Å². The lowest BCUT2D eigenvalue weighted by molar-refractivity contribution is -0.0839. The van der Waals surface area contributed by atoms with Crippen LogP contribution in [0.5, 0.6) is 0 Å². The van der Waals surface area contributed by atoms with Crippen molar-refractivity contribution in [2.45, 2.75) is 43.1 Å². The van der Waals surface area contributed by atoms with Crippen LogP contribution >= 0.6 is 16.5 Å². The second-order valence-corrected chi connectivity index (χ2v) is 10.2. The SMILES string of the molecule is CO[C@H](CO)[C@@H](F)[C@@H](OP(=O)(O)OC[C@H]1O[C@@H](n2ccc(=O)[nH]c2=O)[C@H](F)[C@@H]1OP=O)n1cnc2c(N)ncnc21. The molecule has 22 heteroatoms. The number of fused-ring (bicyclic) bond motifs is 1. The molecule has 1 fully saturated rings. The van der Waals surface area contributed by atoms with Crippen molar-refractivity contribution in [3.8, 4) is 0 Å². The molecule has 5 N–H and O–H groups in total. The van der Waals surface area contributed by atoms with E-state index in [4.69, 9.17) is 28.8 Å². The summed E-state index contributed by atoms with van der Waals surface area (Å²) in [7, 11) is -5.18. The van der Waals surface area contributed by atoms with Gasteiger partial charge in [0.2, 0.25) is 0 Å². The molecular formula is C19H23F2N7O11P2. The molecule has 3 aromatic rings. The maximum absolute atomic E-state index is 15.5. The number of imidazole rings is 1. The summed E-state index contributed by atoms with van der Waals surface area (Å²) in [5.74, 6) is -0.0872. The van der Waals surface area contributed by atoms with E-state index in [1.54, 1.807) is 0 Å². The number of hydrogen-bond donors (Lipinski definition) is 4. The van der Waals surface area contributed by atoms with E-state index in [1.165, 1.54) is 0 Å². The fourth-order valence-electron chi connectivity index (χ4n) is 4.00. The van der Waals surface area contributed by atoms with Gasteiger partial charge in [-0.2, -0.15) is 0 Å². The highest BCUT2D eigenvalue weighted by Crippen LogP contribution is 2.50. The predicted molar refractivity (Wildman–Crippen MR) is 131 cm³/mol. The first-order valence-corrected chi connectivity index (χ1v) is 13.7. The lowest BCUT2D eigenvalue weighted by atomic mass is 10.1. The summed E-state index contributed by atoms with van der Waals surface area (Å²) in [4.78, 5) is 47.5. The maximum atomic E-state index is 15.5. The molecule has 8 atom stereocenters. The molecule has 1 aliphatic heterocycles. The van der Waals surface area contributed by atoms with Gasteiger partial charge in [0.15, 0.2) is 36.3 Å². The number of nitrogens with two attached hydrogens (primary N) is 1. The summed E-state index contributed by atoms with van der Waals surface area (Å²) < 4.78 is 81.4. The second-order valence-electron chi connectivity index (χ2n) is 8.42. The van der Waals surface area contributed by atoms with Gasteiger partial charge in [0.1, 0.15) is 30.2 Å². The molecule has 3 aromatic heterocycles. The molecule has 1 aliphatic rings. The number of halogens is 2. The Morgan fingerprint density at radius 3 is 2.76 bits per heavy atom. The Kier molecular flexibility index (Phi) is 9.68. The number of rotatable bonds is 13. The van der Waals surface area contributed by atoms with E-state index in [2.05, 4.69) is 15.0 Å². The van der Waals surface area contributed by atoms with Gasteiger partial charge in [0.05, 0.1) is 19.5 Å². The first kappa shape index (κ1) is 30.9. The largest absolute Gasteiger partial charge is 0.474 e. The lowest BCUT2D eigenvalue weighted by Gasteiger charge is -2.28. The summed E-state index contributed by atoms with van der Waals surface area (Å²) >= 11 is 0. The Bertz CT molecular complexity index is 1540. The number of phosphoric acid groups is 1. The molecule has 0 radical (unpaired) electrons. The summed E-state index contributed by atoms with van der Waals surface area (Å²) in [6.07, 6.45) is -10.1. The highest BCUT2D eigenvalue weighted by molar-refractivity contribution is 7.47. The number of aromatic amines is 1. The van der Waals surface area contributed by atoms with Crippen LogP contribution < -0.4 is 17.0 Å². The van der Waals surface area contributed by atoms with Crippen LogP contribution in [0.4, 0.5) is 14.6 Å². The van der Waals surface area contributed by atoms with Crippen molar-refractivity contribution in [3.63, 3.8) is 0 Å². The zero-order valence-corrected chi connectivity index (χ0v) is 22.6. The van der Waals surface area contributed by atoms with E-state index in [0.717, 1.165) is 36.6 Å². The molecule has 0 aromatic carbocycles. The van der Waals surface area contributed by atoms with Crippen LogP contribution in [-0.4, -0.2) is 90.0 Å². The minimum Gasteiger partial charge on any atom is -0.394 e. The standard InChI is InChI=1S/C19H23F2N7O11P2/c1-35-8(4-29)11(20)18(28-7-25-13-15(22)23-6-24-16(13)28)39-41(33,34)36-5-9-14(38-40-32)12(21)17(37-9)27-3-2-10(30)26-19(27)31/h2-3,6-9,11-12,14,17-18,29H,4-5H2,1H3,(H,33,34)(H2,22,23,24)(H,26,30,31)/t8-,9-,11-,12-,14-,17-,18-/m1/s1. The average molecular weight is 625 g/mol. The van der Waals surface area contributed by atoms with Crippen molar-refractivity contribution in [1.82, 2.24) is 29.1 Å². The van der Waals surface area contributed by atoms with Crippen LogP contribution in [0.1, 0.15) is 12.5 Å². The number of nitrogen functional groups attached to an aromatic ring is 1. The molecule has 224 valence electrons. The van der Waals surface area contributed by atoms with Crippen LogP contribution in [0, 0.1) is 0 Å². The first-order valence-electron chi connectivity index (χ1n) is 11.5. The molecule has 18 nitrogen and oxygen atoms in total. The zero-order valence-electron chi connectivity index (χ0n) is 20.8. The third-order valence-electron chi connectivity index (χ3n) is 5.97. The van der Waals surface area contributed by atoms with E-state index in [1.807, 2.05) is 4.98 Å². The van der Waals surface area contributed by atoms with Crippen molar-refractivity contribution in [1.29, 1.82) is 0 Å². The molecule has 4 heterocycles. The smallest absolute Gasteiger partial charge is 0.394 e. The number of methoxy groups -OCH3 is 1. The quantitative estimate of drug-likeness (QED) is 0.179. The Hall–Kier alpha value is -3.06. The molecule has 0 saturated carbocycles. The van der Waals surface area contributed by atoms with Crippen molar-refractivity contribution >= 4 is 33.5 Å². The zero-order chi connectivity index (χ0) is 29.9. The van der Waals surface area contributed by atoms with Gasteiger partial charge in [0, 0.05) is 19.4 Å². The Morgan fingerprint density at radius 1 is 1.34 bits per heavy atom. The normalized spacial score (nSPS) is 24.8. The van der Waals surface area contributed by atoms with Gasteiger partial charge in [-0.1, -0.05) is 0 Å². The number of aliphatic hydroxyl groups excluding tert-OH is 1. The summed E-state index contributed by atoms with van der Waals surface area (Å²) in [5.41, 5.74) is 3.86. The van der Waals surface area contributed by atoms with E-state index in [0.29, 0.717) is 4.57 Å². The van der Waals surface area contributed by atoms with Gasteiger partial charge in [-0.25, -0.2) is 37.7 Å². The van der Waals surface area contributed by atoms with Gasteiger partial charge >= 0.3 is 22.2 Å². The van der Waals surface area contributed by atoms with Gasteiger partial charge in [0.25, 0.3) is 5.56 Å². The van der Waals surface area contributed by atoms with Crippen molar-refractivity contribution in [2.75, 3.05) is 26.1 Å². The highest BCUT2D eigenvalue weighted by Gasteiger charge is 2.49. The summed E-state index contributed by atoms with van der Waals surface area (Å²) in [5, 5.41) is 9.51. The number of nitrogens with one attached hydrogen (secondary N) is 1. The maximum Gasteiger partial charge on any atom is 0.474 e. The van der Waals surface area contributed by atoms with Crippen LogP contribution in [0.3, 0.4) is 0 Å². The van der Waals surface area contributed by atoms with Gasteiger partial charge in [-0.3, -0.25) is 32.5 Å². The van der Waals surface area contributed by atoms with Gasteiger partial charge in [-0.05, 0) is 0 Å². The summed E-state index contributed by atoms with van der Waals surface area (Å²) in [6, 6.07) is 0.921. The Labute approximate surface area is 228 Å². The number of aliphatic hydroxyl groups is 1. The number of nitrogens with zero attached hydrogens (tertiary/aromatic N) is 5. The number of phosphoric ester groups is 1. The fraction of sp³-hybridized carbons (Fsp3) is 0.526. The number of alkyl halides is 2. The lowest BCUT2D eigenvalue weighted by Crippen LogP contribution is -2.37. The monoisotopic (exact) mass is 625 g/mol. The molecule has 4 rings (SSSR count). The number of ether oxygens (including phenoxy) is 2. The van der Waals surface area contributed by atoms with Gasteiger partial charge in [-0.15, -0.1) is 0 Å². The summed E-state index contributed by atoms with van der Waals surface area (Å²) in [6.45, 7) is -1.80. The van der Waals surface area contributed by atoms with E-state index in [-0.39, 0.29) is 17.0 Å². The van der Waals surface area contributed by atoms with Crippen LogP contribution in [0.25, 0.3) is 11.2 Å². The minimum absolute atomic E-state index is 0.00797. The molecule has 41 heavy (non-hydrogen) atoms. The molecule has 0 spiro atoms. The number of anilines is 1. The molecule has 0 amide bonds. The third-order valence-corrected chi connectivity index (χ3v) is 7.26. The fourth-order valence-corrected chi connectivity index (χ4v) is 5.24. The van der Waals surface area contributed by atoms with Gasteiger partial charge < -0.3 is 25.2 Å². The minimum atomic E-state index is -5.27. The number of aromatic nitrogens is 6. The molecular weight excluding hydrogens is 602 g/mol. The van der Waals surface area contributed by atoms with E-state index < -0.39 is 84.1 Å². The number of H-pyrrole nitrogens is 1. The Balaban J connectivity index is 1.57. The van der Waals surface area contributed by atoms with Crippen molar-refractivity contribution < 1.29 is 51.0 Å². The molecule has 1 saturated heterocycles. The Morgan fingerprint density at radius 2 is 2.10 bits per heavy atom. The first-order chi connectivity index (χ1) is 19.5. The molecule has 0 aliphatic carbocycles. The van der Waals surface area contributed by atoms with Crippen molar-refractivity contribution in [3.05, 3.63) is 45.8 Å². The van der Waals surface area contributed by atoms with Crippen molar-refractivity contribution in [2.24, 2.45) is 0 Å². The predicted octanol–water partition coefficient (Wildman–Crippen LogP) is -0.236. The van der Waals surface area contributed by atoms with E-state index >= 15 is 8.78 Å². The van der Waals surface area contributed by atoms with Crippen LogP contribution in [0.15, 0.2) is 34.5 Å². The van der Waals surface area contributed by atoms with Crippen LogP contribution in [0.2, 0.25) is 0 Å². The number of hydrogen-bond acceptors (Lipinski definition) is 14. The highest BCUT2D eigenvalue weighted by atomic mass is 31.2. The molecule has 0 bridgehead atoms. The topological polar surface area (TPSA) is 245 Å². The third kappa shape index (κ3) is 6.56. The van der Waals surface area contributed by atoms with Crippen LogP contribution in [-0.2, 0) is 32.2 Å².